The second-order valence-electron chi connectivity index (χ2n) is 6.94. The maximum Gasteiger partial charge on any atom is 0.319 e. The summed E-state index contributed by atoms with van der Waals surface area (Å²) in [7, 11) is 0. The van der Waals surface area contributed by atoms with Crippen molar-refractivity contribution in [2.75, 3.05) is 11.9 Å². The number of para-hydroxylation sites is 1. The topological polar surface area (TPSA) is 50.4 Å². The smallest absolute Gasteiger partial charge is 0.319 e. The fourth-order valence-corrected chi connectivity index (χ4v) is 3.77. The van der Waals surface area contributed by atoms with E-state index in [0.29, 0.717) is 6.54 Å². The lowest BCUT2D eigenvalue weighted by molar-refractivity contribution is -0.0340. The maximum absolute atomic E-state index is 13.6. The molecular formula is C18H24F2N2O2. The average Bonchev–Trinajstić information content (AvgIpc) is 3.15. The van der Waals surface area contributed by atoms with Gasteiger partial charge in [0.1, 0.15) is 0 Å². The minimum absolute atomic E-state index is 0.0108. The van der Waals surface area contributed by atoms with Gasteiger partial charge in [-0.15, -0.1) is 0 Å². The highest BCUT2D eigenvalue weighted by Gasteiger charge is 2.42. The summed E-state index contributed by atoms with van der Waals surface area (Å²) in [6.07, 6.45) is 6.63. The number of urea groups is 1. The summed E-state index contributed by atoms with van der Waals surface area (Å²) in [5.41, 5.74) is -0.0380. The van der Waals surface area contributed by atoms with Gasteiger partial charge in [-0.1, -0.05) is 31.0 Å². The largest absolute Gasteiger partial charge is 0.370 e. The first kappa shape index (κ1) is 17.1. The minimum atomic E-state index is -3.01. The van der Waals surface area contributed by atoms with Crippen molar-refractivity contribution in [3.05, 3.63) is 29.8 Å². The van der Waals surface area contributed by atoms with Crippen LogP contribution in [0.4, 0.5) is 19.3 Å². The molecule has 132 valence electrons. The normalized spacial score (nSPS) is 22.7. The first-order valence-electron chi connectivity index (χ1n) is 8.58. The number of carbonyl (C=O) groups excluding carboxylic acids is 1. The van der Waals surface area contributed by atoms with Crippen molar-refractivity contribution in [2.24, 2.45) is 0 Å². The third-order valence-corrected chi connectivity index (χ3v) is 4.99. The third kappa shape index (κ3) is 3.86. The van der Waals surface area contributed by atoms with Crippen LogP contribution in [-0.4, -0.2) is 24.3 Å². The zero-order valence-electron chi connectivity index (χ0n) is 13.9. The number of nitrogens with one attached hydrogen (secondary N) is 2. The van der Waals surface area contributed by atoms with Gasteiger partial charge in [0.25, 0.3) is 5.92 Å². The lowest BCUT2D eigenvalue weighted by Gasteiger charge is -2.24. The Labute approximate surface area is 141 Å². The number of hydrogen-bond acceptors (Lipinski definition) is 2. The van der Waals surface area contributed by atoms with Crippen LogP contribution < -0.4 is 10.6 Å². The van der Waals surface area contributed by atoms with Gasteiger partial charge in [-0.05, 0) is 31.7 Å². The van der Waals surface area contributed by atoms with Crippen molar-refractivity contribution < 1.29 is 18.3 Å². The molecule has 2 amide bonds. The fraction of sp³-hybridized carbons (Fsp3) is 0.611. The lowest BCUT2D eigenvalue weighted by atomic mass is 9.98. The summed E-state index contributed by atoms with van der Waals surface area (Å²) in [5.74, 6) is -3.01. The van der Waals surface area contributed by atoms with Crippen molar-refractivity contribution in [1.29, 1.82) is 0 Å². The van der Waals surface area contributed by atoms with Crippen LogP contribution in [0, 0.1) is 0 Å². The zero-order chi connectivity index (χ0) is 17.2. The monoisotopic (exact) mass is 338 g/mol. The van der Waals surface area contributed by atoms with Crippen LogP contribution in [0.1, 0.15) is 51.0 Å². The van der Waals surface area contributed by atoms with E-state index in [1.165, 1.54) is 31.0 Å². The van der Waals surface area contributed by atoms with Crippen LogP contribution in [0.3, 0.4) is 0 Å². The quantitative estimate of drug-likeness (QED) is 0.854. The highest BCUT2D eigenvalue weighted by Crippen LogP contribution is 2.43. The fourth-order valence-electron chi connectivity index (χ4n) is 3.77. The van der Waals surface area contributed by atoms with Crippen LogP contribution in [0.2, 0.25) is 0 Å². The predicted molar refractivity (Wildman–Crippen MR) is 88.3 cm³/mol. The van der Waals surface area contributed by atoms with Gasteiger partial charge in [-0.3, -0.25) is 0 Å². The van der Waals surface area contributed by atoms with Crippen LogP contribution in [-0.2, 0) is 10.7 Å². The Hall–Kier alpha value is -1.69. The maximum atomic E-state index is 13.6. The van der Waals surface area contributed by atoms with E-state index in [0.717, 1.165) is 32.6 Å². The summed E-state index contributed by atoms with van der Waals surface area (Å²) in [6.45, 7) is 1.22. The van der Waals surface area contributed by atoms with E-state index in [2.05, 4.69) is 10.6 Å². The Morgan fingerprint density at radius 1 is 1.29 bits per heavy atom. The van der Waals surface area contributed by atoms with Crippen molar-refractivity contribution in [3.8, 4) is 0 Å². The van der Waals surface area contributed by atoms with E-state index >= 15 is 0 Å². The molecule has 24 heavy (non-hydrogen) atoms. The molecule has 1 aromatic rings. The Kier molecular flexibility index (Phi) is 4.76. The Morgan fingerprint density at radius 3 is 2.71 bits per heavy atom. The summed E-state index contributed by atoms with van der Waals surface area (Å²) < 4.78 is 33.3. The van der Waals surface area contributed by atoms with Gasteiger partial charge in [0, 0.05) is 19.0 Å². The first-order chi connectivity index (χ1) is 11.4. The number of alkyl halides is 2. The number of benzene rings is 1. The minimum Gasteiger partial charge on any atom is -0.370 e. The molecule has 1 unspecified atom stereocenters. The highest BCUT2D eigenvalue weighted by molar-refractivity contribution is 5.90. The van der Waals surface area contributed by atoms with E-state index in [4.69, 9.17) is 4.74 Å². The molecule has 1 aromatic carbocycles. The molecule has 1 spiro atoms. The number of halogens is 2. The Bertz CT molecular complexity index is 595. The molecule has 0 aromatic heterocycles. The van der Waals surface area contributed by atoms with Crippen LogP contribution in [0.25, 0.3) is 0 Å². The van der Waals surface area contributed by atoms with Gasteiger partial charge in [0.15, 0.2) is 0 Å². The summed E-state index contributed by atoms with van der Waals surface area (Å²) in [5, 5.41) is 5.25. The molecule has 1 atom stereocenters. The first-order valence-corrected chi connectivity index (χ1v) is 8.58. The van der Waals surface area contributed by atoms with Gasteiger partial charge in [-0.2, -0.15) is 0 Å². The molecule has 4 nitrogen and oxygen atoms in total. The van der Waals surface area contributed by atoms with Crippen molar-refractivity contribution in [3.63, 3.8) is 0 Å². The number of rotatable bonds is 4. The average molecular weight is 338 g/mol. The number of anilines is 1. The molecular weight excluding hydrogens is 314 g/mol. The molecule has 3 rings (SSSR count). The van der Waals surface area contributed by atoms with Crippen molar-refractivity contribution >= 4 is 11.7 Å². The molecule has 6 heteroatoms. The summed E-state index contributed by atoms with van der Waals surface area (Å²) in [4.78, 5) is 12.0. The van der Waals surface area contributed by atoms with Gasteiger partial charge in [0.05, 0.1) is 17.4 Å². The van der Waals surface area contributed by atoms with Gasteiger partial charge in [0.2, 0.25) is 0 Å². The molecule has 1 heterocycles. The van der Waals surface area contributed by atoms with E-state index in [-0.39, 0.29) is 23.0 Å². The number of carbonyl (C=O) groups is 1. The van der Waals surface area contributed by atoms with E-state index < -0.39 is 12.0 Å². The van der Waals surface area contributed by atoms with E-state index in [1.807, 2.05) is 0 Å². The number of amides is 2. The molecule has 1 aliphatic carbocycles. The predicted octanol–water partition coefficient (Wildman–Crippen LogP) is 4.41. The molecule has 1 aliphatic heterocycles. The molecule has 1 saturated carbocycles. The standard InChI is InChI=1S/C18H24F2N2O2/c1-17(19,20)14-6-2-3-7-15(14)22-16(23)21-12-13-8-11-18(24-13)9-4-5-10-18/h2-3,6-7,13H,4-5,8-12H2,1H3,(H2,21,22,23). The number of hydrogen-bond donors (Lipinski definition) is 2. The molecule has 0 radical (unpaired) electrons. The van der Waals surface area contributed by atoms with Crippen LogP contribution in [0.15, 0.2) is 24.3 Å². The molecule has 2 N–H and O–H groups in total. The molecule has 2 aliphatic rings. The van der Waals surface area contributed by atoms with Crippen LogP contribution >= 0.6 is 0 Å². The lowest BCUT2D eigenvalue weighted by Crippen LogP contribution is -2.37. The van der Waals surface area contributed by atoms with Gasteiger partial charge >= 0.3 is 6.03 Å². The number of ether oxygens (including phenoxy) is 1. The third-order valence-electron chi connectivity index (χ3n) is 4.99. The van der Waals surface area contributed by atoms with Crippen LogP contribution in [0.5, 0.6) is 0 Å². The van der Waals surface area contributed by atoms with Crippen molar-refractivity contribution in [1.82, 2.24) is 5.32 Å². The van der Waals surface area contributed by atoms with Crippen molar-refractivity contribution in [2.45, 2.75) is 63.1 Å². The molecule has 0 bridgehead atoms. The Balaban J connectivity index is 1.52. The Morgan fingerprint density at radius 2 is 2.00 bits per heavy atom. The molecule has 2 fully saturated rings. The summed E-state index contributed by atoms with van der Waals surface area (Å²) >= 11 is 0. The second kappa shape index (κ2) is 6.67. The van der Waals surface area contributed by atoms with E-state index in [1.54, 1.807) is 6.07 Å². The molecule has 1 saturated heterocycles. The highest BCUT2D eigenvalue weighted by atomic mass is 19.3. The van der Waals surface area contributed by atoms with Gasteiger partial charge < -0.3 is 15.4 Å². The summed E-state index contributed by atoms with van der Waals surface area (Å²) in [6, 6.07) is 5.46. The zero-order valence-corrected chi connectivity index (χ0v) is 13.9. The van der Waals surface area contributed by atoms with Gasteiger partial charge in [-0.25, -0.2) is 13.6 Å². The SMILES string of the molecule is CC(F)(F)c1ccccc1NC(=O)NCC1CCC2(CCCC2)O1. The van der Waals surface area contributed by atoms with E-state index in [9.17, 15) is 13.6 Å². The second-order valence-corrected chi connectivity index (χ2v) is 6.94.